The Morgan fingerprint density at radius 3 is 2.79 bits per heavy atom. The first-order valence-electron chi connectivity index (χ1n) is 8.35. The first kappa shape index (κ1) is 16.6. The number of nitrogens with zero attached hydrogens (tertiary/aromatic N) is 3. The molecule has 0 saturated carbocycles. The van der Waals surface area contributed by atoms with Crippen LogP contribution in [0.15, 0.2) is 24.5 Å². The SMILES string of the molecule is Cc1cc(CNC(=O)[C@@H]2CCCO[C@H]2c2nccn2C)cc(C)n1. The largest absolute Gasteiger partial charge is 0.369 e. The van der Waals surface area contributed by atoms with E-state index in [9.17, 15) is 4.79 Å². The topological polar surface area (TPSA) is 69.0 Å². The zero-order valence-electron chi connectivity index (χ0n) is 14.5. The Morgan fingerprint density at radius 2 is 2.12 bits per heavy atom. The summed E-state index contributed by atoms with van der Waals surface area (Å²) in [4.78, 5) is 21.4. The van der Waals surface area contributed by atoms with Crippen molar-refractivity contribution in [3.63, 3.8) is 0 Å². The number of aryl methyl sites for hydroxylation is 3. The van der Waals surface area contributed by atoms with Crippen molar-refractivity contribution in [2.45, 2.75) is 39.3 Å². The molecule has 1 aliphatic rings. The van der Waals surface area contributed by atoms with Crippen LogP contribution in [-0.2, 0) is 23.1 Å². The van der Waals surface area contributed by atoms with E-state index in [0.717, 1.165) is 35.6 Å². The smallest absolute Gasteiger partial charge is 0.226 e. The summed E-state index contributed by atoms with van der Waals surface area (Å²) in [6.07, 6.45) is 5.06. The maximum atomic E-state index is 12.7. The van der Waals surface area contributed by atoms with E-state index in [0.29, 0.717) is 13.2 Å². The van der Waals surface area contributed by atoms with Gasteiger partial charge in [-0.2, -0.15) is 0 Å². The molecule has 2 aromatic rings. The summed E-state index contributed by atoms with van der Waals surface area (Å²) in [7, 11) is 1.93. The normalized spacial score (nSPS) is 20.8. The molecular weight excluding hydrogens is 304 g/mol. The van der Waals surface area contributed by atoms with Crippen LogP contribution in [0.4, 0.5) is 0 Å². The quantitative estimate of drug-likeness (QED) is 0.934. The minimum atomic E-state index is -0.278. The molecule has 6 nitrogen and oxygen atoms in total. The number of amides is 1. The molecule has 6 heteroatoms. The number of hydrogen-bond donors (Lipinski definition) is 1. The van der Waals surface area contributed by atoms with Crippen LogP contribution in [0.1, 0.15) is 41.7 Å². The molecule has 1 aliphatic heterocycles. The van der Waals surface area contributed by atoms with E-state index in [-0.39, 0.29) is 17.9 Å². The molecule has 0 aromatic carbocycles. The Morgan fingerprint density at radius 1 is 1.38 bits per heavy atom. The van der Waals surface area contributed by atoms with Crippen molar-refractivity contribution < 1.29 is 9.53 Å². The van der Waals surface area contributed by atoms with Crippen LogP contribution in [0.25, 0.3) is 0 Å². The second kappa shape index (κ2) is 7.13. The number of carbonyl (C=O) groups is 1. The zero-order valence-corrected chi connectivity index (χ0v) is 14.5. The van der Waals surface area contributed by atoms with Crippen molar-refractivity contribution in [3.8, 4) is 0 Å². The van der Waals surface area contributed by atoms with Gasteiger partial charge in [0.05, 0.1) is 5.92 Å². The van der Waals surface area contributed by atoms with Gasteiger partial charge >= 0.3 is 0 Å². The zero-order chi connectivity index (χ0) is 17.1. The van der Waals surface area contributed by atoms with Gasteiger partial charge in [0, 0.05) is 44.0 Å². The number of hydrogen-bond acceptors (Lipinski definition) is 4. The number of nitrogens with one attached hydrogen (secondary N) is 1. The standard InChI is InChI=1S/C18H24N4O2/c1-12-9-14(10-13(2)21-12)11-20-18(23)15-5-4-8-24-16(15)17-19-6-7-22(17)3/h6-7,9-10,15-16H,4-5,8,11H2,1-3H3,(H,20,23)/t15-,16-/m1/s1. The summed E-state index contributed by atoms with van der Waals surface area (Å²) in [5.74, 6) is 0.629. The van der Waals surface area contributed by atoms with Gasteiger partial charge in [-0.3, -0.25) is 9.78 Å². The highest BCUT2D eigenvalue weighted by atomic mass is 16.5. The summed E-state index contributed by atoms with van der Waals surface area (Å²) in [6.45, 7) is 5.10. The van der Waals surface area contributed by atoms with Gasteiger partial charge in [0.25, 0.3) is 0 Å². The van der Waals surface area contributed by atoms with E-state index in [1.54, 1.807) is 6.20 Å². The number of rotatable bonds is 4. The molecule has 0 unspecified atom stereocenters. The van der Waals surface area contributed by atoms with Gasteiger partial charge < -0.3 is 14.6 Å². The van der Waals surface area contributed by atoms with Crippen LogP contribution in [0, 0.1) is 19.8 Å². The van der Waals surface area contributed by atoms with Gasteiger partial charge in [-0.15, -0.1) is 0 Å². The van der Waals surface area contributed by atoms with E-state index in [1.165, 1.54) is 0 Å². The minimum absolute atomic E-state index is 0.0230. The molecule has 0 aliphatic carbocycles. The highest BCUT2D eigenvalue weighted by Crippen LogP contribution is 2.32. The first-order valence-corrected chi connectivity index (χ1v) is 8.35. The molecule has 1 fully saturated rings. The third kappa shape index (κ3) is 3.64. The summed E-state index contributed by atoms with van der Waals surface area (Å²) in [5, 5.41) is 3.05. The fourth-order valence-electron chi connectivity index (χ4n) is 3.30. The van der Waals surface area contributed by atoms with Gasteiger partial charge in [0.1, 0.15) is 11.9 Å². The van der Waals surface area contributed by atoms with Crippen molar-refractivity contribution in [2.75, 3.05) is 6.61 Å². The van der Waals surface area contributed by atoms with Crippen LogP contribution in [0.2, 0.25) is 0 Å². The monoisotopic (exact) mass is 328 g/mol. The van der Waals surface area contributed by atoms with Crippen molar-refractivity contribution in [3.05, 3.63) is 47.3 Å². The van der Waals surface area contributed by atoms with Crippen LogP contribution in [0.5, 0.6) is 0 Å². The molecule has 1 amide bonds. The van der Waals surface area contributed by atoms with Gasteiger partial charge in [-0.25, -0.2) is 4.98 Å². The van der Waals surface area contributed by atoms with E-state index < -0.39 is 0 Å². The lowest BCUT2D eigenvalue weighted by Crippen LogP contribution is -2.38. The molecule has 0 spiro atoms. The molecule has 128 valence electrons. The van der Waals surface area contributed by atoms with Crippen molar-refractivity contribution in [1.29, 1.82) is 0 Å². The highest BCUT2D eigenvalue weighted by Gasteiger charge is 2.35. The van der Waals surface area contributed by atoms with Crippen molar-refractivity contribution >= 4 is 5.91 Å². The van der Waals surface area contributed by atoms with E-state index in [1.807, 2.05) is 43.8 Å². The number of imidazole rings is 1. The molecular formula is C18H24N4O2. The summed E-state index contributed by atoms with van der Waals surface area (Å²) in [6, 6.07) is 4.00. The van der Waals surface area contributed by atoms with Gasteiger partial charge in [0.15, 0.2) is 0 Å². The second-order valence-electron chi connectivity index (χ2n) is 6.41. The summed E-state index contributed by atoms with van der Waals surface area (Å²) < 4.78 is 7.80. The maximum Gasteiger partial charge on any atom is 0.226 e. The summed E-state index contributed by atoms with van der Waals surface area (Å²) in [5.41, 5.74) is 3.00. The van der Waals surface area contributed by atoms with Crippen molar-refractivity contribution in [2.24, 2.45) is 13.0 Å². The molecule has 2 aromatic heterocycles. The lowest BCUT2D eigenvalue weighted by molar-refractivity contribution is -0.135. The predicted octanol–water partition coefficient (Wildman–Crippen LogP) is 2.22. The van der Waals surface area contributed by atoms with Gasteiger partial charge in [-0.05, 0) is 44.4 Å². The Bertz CT molecular complexity index is 705. The van der Waals surface area contributed by atoms with Crippen LogP contribution in [-0.4, -0.2) is 27.0 Å². The van der Waals surface area contributed by atoms with E-state index >= 15 is 0 Å². The highest BCUT2D eigenvalue weighted by molar-refractivity contribution is 5.79. The molecule has 1 N–H and O–H groups in total. The fraction of sp³-hybridized carbons (Fsp3) is 0.500. The number of aromatic nitrogens is 3. The van der Waals surface area contributed by atoms with Crippen LogP contribution < -0.4 is 5.32 Å². The van der Waals surface area contributed by atoms with E-state index in [4.69, 9.17) is 4.74 Å². The van der Waals surface area contributed by atoms with Gasteiger partial charge in [-0.1, -0.05) is 0 Å². The molecule has 0 radical (unpaired) electrons. The second-order valence-corrected chi connectivity index (χ2v) is 6.41. The molecule has 3 heterocycles. The average molecular weight is 328 g/mol. The molecule has 0 bridgehead atoms. The number of pyridine rings is 1. The lowest BCUT2D eigenvalue weighted by Gasteiger charge is -2.30. The average Bonchev–Trinajstić information content (AvgIpc) is 2.97. The third-order valence-electron chi connectivity index (χ3n) is 4.38. The predicted molar refractivity (Wildman–Crippen MR) is 90.2 cm³/mol. The number of ether oxygens (including phenoxy) is 1. The van der Waals surface area contributed by atoms with Crippen LogP contribution in [0.3, 0.4) is 0 Å². The fourth-order valence-corrected chi connectivity index (χ4v) is 3.30. The first-order chi connectivity index (χ1) is 11.5. The van der Waals surface area contributed by atoms with Crippen LogP contribution >= 0.6 is 0 Å². The molecule has 2 atom stereocenters. The molecule has 1 saturated heterocycles. The Balaban J connectivity index is 1.69. The third-order valence-corrected chi connectivity index (χ3v) is 4.38. The summed E-state index contributed by atoms with van der Waals surface area (Å²) >= 11 is 0. The number of carbonyl (C=O) groups excluding carboxylic acids is 1. The Kier molecular flexibility index (Phi) is 4.94. The maximum absolute atomic E-state index is 12.7. The molecule has 24 heavy (non-hydrogen) atoms. The Hall–Kier alpha value is -2.21. The molecule has 3 rings (SSSR count). The lowest BCUT2D eigenvalue weighted by atomic mass is 9.92. The van der Waals surface area contributed by atoms with E-state index in [2.05, 4.69) is 15.3 Å². The Labute approximate surface area is 142 Å². The van der Waals surface area contributed by atoms with Crippen molar-refractivity contribution in [1.82, 2.24) is 19.9 Å². The minimum Gasteiger partial charge on any atom is -0.369 e. The van der Waals surface area contributed by atoms with Gasteiger partial charge in [0.2, 0.25) is 5.91 Å².